The first-order valence-corrected chi connectivity index (χ1v) is 35.5. The van der Waals surface area contributed by atoms with Crippen molar-refractivity contribution in [3.05, 3.63) is 265 Å². The van der Waals surface area contributed by atoms with Crippen molar-refractivity contribution in [3.63, 3.8) is 0 Å². The Hall–Kier alpha value is -6.56. The number of ether oxygens (including phenoxy) is 4. The first-order chi connectivity index (χ1) is 48.1. The van der Waals surface area contributed by atoms with E-state index in [-0.39, 0.29) is 39.9 Å². The third kappa shape index (κ3) is 42.5. The highest BCUT2D eigenvalue weighted by Crippen LogP contribution is 2.39. The van der Waals surface area contributed by atoms with E-state index >= 15 is 0 Å². The molecule has 0 aliphatic carbocycles. The van der Waals surface area contributed by atoms with Crippen LogP contribution in [-0.2, 0) is 12.4 Å². The Morgan fingerprint density at radius 2 is 0.875 bits per heavy atom. The van der Waals surface area contributed by atoms with Gasteiger partial charge in [0.2, 0.25) is 5.88 Å². The summed E-state index contributed by atoms with van der Waals surface area (Å²) in [5.41, 5.74) is 1.39. The highest BCUT2D eigenvalue weighted by Gasteiger charge is 2.44. The van der Waals surface area contributed by atoms with Crippen molar-refractivity contribution in [2.24, 2.45) is 0 Å². The first-order valence-electron chi connectivity index (χ1n) is 29.8. The van der Waals surface area contributed by atoms with E-state index in [0.717, 1.165) is 43.9 Å². The first kappa shape index (κ1) is 95.5. The van der Waals surface area contributed by atoms with Crippen LogP contribution in [0.3, 0.4) is 0 Å². The second kappa shape index (κ2) is 47.2. The van der Waals surface area contributed by atoms with E-state index in [9.17, 15) is 70.2 Å². The van der Waals surface area contributed by atoms with E-state index in [4.69, 9.17) is 60.6 Å². The lowest BCUT2D eigenvalue weighted by molar-refractivity contribution is -0.253. The average Bonchev–Trinajstić information content (AvgIpc) is 1.11. The molecule has 0 N–H and O–H groups in total. The zero-order chi connectivity index (χ0) is 79.5. The molecule has 0 fully saturated rings. The number of thioether (sulfide) groups is 2. The number of alkyl halides is 15. The zero-order valence-electron chi connectivity index (χ0n) is 58.4. The summed E-state index contributed by atoms with van der Waals surface area (Å²) >= 11 is 27.2. The summed E-state index contributed by atoms with van der Waals surface area (Å²) in [6, 6.07) is 43.3. The standard InChI is InChI=1S/C9H6F6.C9H8F4O.C8H7F3S.C8H8F2S.C8H11N.C8H10O.C7H9NO.C6H7ClOS.C5H4Cl2S.C5H4ClFS/c1-5-2-6(8(10,11)12)4-7(3-5)9(13,14)15;1-6-3-2-4-7(5-6)14-9(12,13)8(10)11;1-6-3-2-4-7(5-6)12-8(9,10)11;1-6-3-2-4-7(5-6)11-8(9)10;1-6-4-7(2)9-8(3)5-6;1-7-4-3-5-8(6-7)9-2;1-6-4-3-5-7(8-6)9-2;1-4-3-5(7)6(8-2)9-4;1-3-2-4(6)5(7)8-3;1-3-4(7)2-5(6)8-3/h2-4H,1H3;2-5,8H,1H3;2-5H,1H3;2-5,8H,1H3;4-5H,1-3H3;3-6H,1-2H3;3-5H,1-2H3;3H,1-2H3;2*2H,1H3. The SMILES string of the molecule is COc1cccc(C)c1.COc1cccc(C)n1.COc1sc(C)cc1Cl.Cc1cc(C(F)(F)F)cc(C(F)(F)F)c1.Cc1cc(C)nc(C)c1.Cc1cc(Cl)c(Cl)s1.Cc1cccc(OC(F)(F)C(F)F)c1.Cc1cccc(SC(F)(F)F)c1.Cc1cccc(SC(F)F)c1.Cc1sc(Cl)cc1F. The third-order valence-corrected chi connectivity index (χ3v) is 17.5. The molecule has 0 amide bonds. The summed E-state index contributed by atoms with van der Waals surface area (Å²) in [5, 5.41) is 2.17. The predicted molar refractivity (Wildman–Crippen MR) is 395 cm³/mol. The van der Waals surface area contributed by atoms with Crippen LogP contribution < -0.4 is 18.9 Å². The number of methoxy groups -OCH3 is 3. The van der Waals surface area contributed by atoms with Gasteiger partial charge in [-0.05, 0) is 214 Å². The topological polar surface area (TPSA) is 62.7 Å². The molecule has 5 aromatic heterocycles. The van der Waals surface area contributed by atoms with Crippen molar-refractivity contribution in [1.82, 2.24) is 9.97 Å². The van der Waals surface area contributed by atoms with Gasteiger partial charge in [-0.3, -0.25) is 4.98 Å². The van der Waals surface area contributed by atoms with Crippen LogP contribution in [0.15, 0.2) is 174 Å². The van der Waals surface area contributed by atoms with Gasteiger partial charge in [-0.25, -0.2) is 9.37 Å². The highest BCUT2D eigenvalue weighted by molar-refractivity contribution is 8.00. The Bertz CT molecular complexity index is 3920. The summed E-state index contributed by atoms with van der Waals surface area (Å²) in [5.74, 6) is -1.20. The maximum absolute atomic E-state index is 12.4. The number of thiophene rings is 3. The van der Waals surface area contributed by atoms with Crippen molar-refractivity contribution in [2.75, 3.05) is 21.3 Å². The predicted octanol–water partition coefficient (Wildman–Crippen LogP) is 28.5. The number of hydrogen-bond acceptors (Lipinski definition) is 11. The number of nitrogens with zero attached hydrogens (tertiary/aromatic N) is 2. The Morgan fingerprint density at radius 1 is 0.423 bits per heavy atom. The molecule has 0 saturated heterocycles. The minimum Gasteiger partial charge on any atom is -0.497 e. The smallest absolute Gasteiger partial charge is 0.461 e. The number of halogens is 20. The second-order valence-electron chi connectivity index (χ2n) is 21.3. The Labute approximate surface area is 636 Å². The third-order valence-electron chi connectivity index (χ3n) is 11.7. The van der Waals surface area contributed by atoms with Crippen LogP contribution in [0.4, 0.5) is 70.2 Å². The van der Waals surface area contributed by atoms with Gasteiger partial charge >= 0.3 is 30.4 Å². The van der Waals surface area contributed by atoms with Gasteiger partial charge < -0.3 is 18.9 Å². The van der Waals surface area contributed by atoms with E-state index in [1.807, 2.05) is 109 Å². The number of rotatable bonds is 9. The number of aromatic nitrogens is 2. The van der Waals surface area contributed by atoms with Gasteiger partial charge in [0.05, 0.1) is 46.8 Å². The molecule has 0 atom stereocenters. The Kier molecular flexibility index (Phi) is 43.3. The molecular formula is C73H74Cl4F16N2O4S5. The average molecular weight is 1650 g/mol. The van der Waals surface area contributed by atoms with Crippen LogP contribution in [0, 0.1) is 88.9 Å². The molecule has 5 aromatic carbocycles. The number of hydrogen-bond donors (Lipinski definition) is 0. The minimum atomic E-state index is -4.76. The summed E-state index contributed by atoms with van der Waals surface area (Å²) in [4.78, 5) is 12.1. The van der Waals surface area contributed by atoms with Crippen LogP contribution in [0.2, 0.25) is 18.7 Å². The van der Waals surface area contributed by atoms with Crippen LogP contribution in [-0.4, -0.2) is 55.1 Å². The van der Waals surface area contributed by atoms with Gasteiger partial charge in [0.15, 0.2) is 5.06 Å². The Morgan fingerprint density at radius 3 is 1.19 bits per heavy atom. The molecule has 6 nitrogen and oxygen atoms in total. The minimum absolute atomic E-state index is 0.0721. The fourth-order valence-electron chi connectivity index (χ4n) is 7.49. The fourth-order valence-corrected chi connectivity index (χ4v) is 12.3. The van der Waals surface area contributed by atoms with Crippen LogP contribution >= 0.6 is 104 Å². The molecule has 104 heavy (non-hydrogen) atoms. The van der Waals surface area contributed by atoms with Crippen LogP contribution in [0.1, 0.15) is 76.2 Å². The molecule has 0 aliphatic rings. The molecule has 0 radical (unpaired) electrons. The molecule has 10 aromatic rings. The summed E-state index contributed by atoms with van der Waals surface area (Å²) < 4.78 is 213. The largest absolute Gasteiger partial charge is 0.497 e. The van der Waals surface area contributed by atoms with Crippen LogP contribution in [0.25, 0.3) is 0 Å². The maximum Gasteiger partial charge on any atom is 0.461 e. The van der Waals surface area contributed by atoms with Crippen molar-refractivity contribution in [2.45, 2.75) is 129 Å². The van der Waals surface area contributed by atoms with Crippen molar-refractivity contribution >= 4 is 104 Å². The monoisotopic (exact) mass is 1650 g/mol. The molecule has 10 rings (SSSR count). The summed E-state index contributed by atoms with van der Waals surface area (Å²) in [6.45, 7) is 22.2. The van der Waals surface area contributed by atoms with Gasteiger partial charge in [0, 0.05) is 53.6 Å². The van der Waals surface area contributed by atoms with Gasteiger partial charge in [-0.1, -0.05) is 124 Å². The van der Waals surface area contributed by atoms with Gasteiger partial charge in [0.1, 0.15) is 21.7 Å². The van der Waals surface area contributed by atoms with Crippen molar-refractivity contribution in [3.8, 4) is 22.4 Å². The Balaban J connectivity index is 0.000000582. The molecule has 0 aliphatic heterocycles. The maximum atomic E-state index is 12.4. The van der Waals surface area contributed by atoms with Gasteiger partial charge in [-0.15, -0.1) is 34.0 Å². The molecule has 5 heterocycles. The number of pyridine rings is 2. The highest BCUT2D eigenvalue weighted by atomic mass is 35.5. The summed E-state index contributed by atoms with van der Waals surface area (Å²) in [7, 11) is 4.91. The van der Waals surface area contributed by atoms with E-state index in [0.29, 0.717) is 63.8 Å². The van der Waals surface area contributed by atoms with Gasteiger partial charge in [0.25, 0.3) is 5.76 Å². The molecule has 0 unspecified atom stereocenters. The second-order valence-corrected chi connectivity index (χ2v) is 29.3. The molecule has 570 valence electrons. The molecule has 31 heteroatoms. The number of benzene rings is 5. The molecular weight excluding hydrogens is 1570 g/mol. The zero-order valence-corrected chi connectivity index (χ0v) is 65.5. The van der Waals surface area contributed by atoms with E-state index in [2.05, 4.69) is 33.8 Å². The van der Waals surface area contributed by atoms with Gasteiger partial charge in [-0.2, -0.15) is 65.9 Å². The molecule has 0 saturated carbocycles. The lowest BCUT2D eigenvalue weighted by Gasteiger charge is -2.16. The van der Waals surface area contributed by atoms with E-state index in [1.54, 1.807) is 89.8 Å². The van der Waals surface area contributed by atoms with Crippen molar-refractivity contribution in [1.29, 1.82) is 0 Å². The fraction of sp³-hybridized carbons (Fsp3) is 0.288. The quantitative estimate of drug-likeness (QED) is 0.105. The molecule has 0 spiro atoms. The normalized spacial score (nSPS) is 10.7. The van der Waals surface area contributed by atoms with Crippen molar-refractivity contribution < 1.29 is 89.2 Å². The lowest BCUT2D eigenvalue weighted by Crippen LogP contribution is -2.33. The van der Waals surface area contributed by atoms with Crippen LogP contribution in [0.5, 0.6) is 22.4 Å². The lowest BCUT2D eigenvalue weighted by atomic mass is 10.1. The number of aryl methyl sites for hydroxylation is 12. The van der Waals surface area contributed by atoms with E-state index < -0.39 is 47.3 Å². The summed E-state index contributed by atoms with van der Waals surface area (Å²) in [6.07, 6.45) is -17.8. The molecule has 0 bridgehead atoms. The van der Waals surface area contributed by atoms with E-state index in [1.165, 1.54) is 82.0 Å².